The molecule has 0 amide bonds. The predicted octanol–water partition coefficient (Wildman–Crippen LogP) is 7.25. The first-order valence-corrected chi connectivity index (χ1v) is 8.17. The van der Waals surface area contributed by atoms with Crippen LogP contribution in [0.1, 0.15) is 50.7 Å². The molecule has 0 aliphatic carbocycles. The Morgan fingerprint density at radius 2 is 1.38 bits per heavy atom. The lowest BCUT2D eigenvalue weighted by Gasteiger charge is -2.04. The third-order valence-electron chi connectivity index (χ3n) is 3.13. The van der Waals surface area contributed by atoms with Gasteiger partial charge >= 0.3 is 0 Å². The molecule has 0 aliphatic heterocycles. The van der Waals surface area contributed by atoms with Gasteiger partial charge in [-0.25, -0.2) is 0 Å². The molecule has 0 nitrogen and oxygen atoms in total. The second-order valence-corrected chi connectivity index (χ2v) is 6.58. The maximum absolute atomic E-state index is 12.1. The monoisotopic (exact) mass is 324 g/mol. The summed E-state index contributed by atoms with van der Waals surface area (Å²) in [6.45, 7) is 8.52. The summed E-state index contributed by atoms with van der Waals surface area (Å²) in [6.07, 6.45) is 0. The molecule has 0 atom stereocenters. The van der Waals surface area contributed by atoms with E-state index in [0.29, 0.717) is 28.9 Å². The second-order valence-electron chi connectivity index (χ2n) is 5.51. The van der Waals surface area contributed by atoms with Crippen LogP contribution in [0.15, 0.2) is 53.4 Å². The predicted molar refractivity (Wildman–Crippen MR) is 93.0 cm³/mol. The maximum atomic E-state index is 12.1. The highest BCUT2D eigenvalue weighted by Gasteiger charge is 1.99. The molecule has 0 saturated heterocycles. The average molecular weight is 325 g/mol. The Hall–Kier alpha value is -0.990. The van der Waals surface area contributed by atoms with Gasteiger partial charge in [-0.2, -0.15) is 3.89 Å². The summed E-state index contributed by atoms with van der Waals surface area (Å²) < 4.78 is 12.1. The van der Waals surface area contributed by atoms with Gasteiger partial charge in [-0.1, -0.05) is 63.6 Å². The van der Waals surface area contributed by atoms with Crippen LogP contribution in [0, 0.1) is 0 Å². The normalized spacial score (nSPS) is 10.5. The minimum atomic E-state index is 0.300. The van der Waals surface area contributed by atoms with E-state index in [1.807, 2.05) is 36.4 Å². The number of hydrogen-bond acceptors (Lipinski definition) is 1. The lowest BCUT2D eigenvalue weighted by Crippen LogP contribution is -1.85. The van der Waals surface area contributed by atoms with Crippen LogP contribution in [0.25, 0.3) is 0 Å². The molecule has 0 fully saturated rings. The van der Waals surface area contributed by atoms with Crippen LogP contribution in [0.5, 0.6) is 0 Å². The fraction of sp³-hybridized carbons (Fsp3) is 0.333. The third kappa shape index (κ3) is 6.54. The zero-order valence-corrected chi connectivity index (χ0v) is 14.5. The largest absolute Gasteiger partial charge is 0.160 e. The maximum Gasteiger partial charge on any atom is 0.0812 e. The summed E-state index contributed by atoms with van der Waals surface area (Å²) >= 11 is 6.09. The molecule has 0 aromatic heterocycles. The Morgan fingerprint density at radius 1 is 0.857 bits per heavy atom. The highest BCUT2D eigenvalue weighted by atomic mass is 35.5. The molecule has 0 unspecified atom stereocenters. The van der Waals surface area contributed by atoms with Crippen LogP contribution in [0.3, 0.4) is 0 Å². The van der Waals surface area contributed by atoms with E-state index in [1.54, 1.807) is 6.07 Å². The smallest absolute Gasteiger partial charge is 0.0812 e. The number of halogens is 2. The molecule has 0 bridgehead atoms. The van der Waals surface area contributed by atoms with Crippen molar-refractivity contribution in [1.82, 2.24) is 0 Å². The fourth-order valence-electron chi connectivity index (χ4n) is 1.79. The van der Waals surface area contributed by atoms with E-state index >= 15 is 0 Å². The van der Waals surface area contributed by atoms with Crippen LogP contribution in [0.2, 0.25) is 5.02 Å². The minimum Gasteiger partial charge on any atom is -0.160 e. The van der Waals surface area contributed by atoms with Gasteiger partial charge in [-0.15, -0.1) is 0 Å². The van der Waals surface area contributed by atoms with E-state index in [0.717, 1.165) is 5.02 Å². The Kier molecular flexibility index (Phi) is 7.84. The van der Waals surface area contributed by atoms with E-state index in [-0.39, 0.29) is 0 Å². The van der Waals surface area contributed by atoms with Crippen molar-refractivity contribution >= 4 is 23.7 Å². The third-order valence-corrected chi connectivity index (χ3v) is 3.80. The lowest BCUT2D eigenvalue weighted by atomic mass is 10.0. The first-order valence-electron chi connectivity index (χ1n) is 7.08. The first-order chi connectivity index (χ1) is 9.93. The van der Waals surface area contributed by atoms with E-state index in [4.69, 9.17) is 11.6 Å². The Labute approximate surface area is 137 Å². The molecule has 0 N–H and O–H groups in total. The van der Waals surface area contributed by atoms with Gasteiger partial charge in [0.25, 0.3) is 0 Å². The molecular weight excluding hydrogens is 303 g/mol. The molecule has 0 spiro atoms. The van der Waals surface area contributed by atoms with Gasteiger partial charge in [-0.05, 0) is 47.2 Å². The highest BCUT2D eigenvalue weighted by Crippen LogP contribution is 2.23. The van der Waals surface area contributed by atoms with E-state index in [9.17, 15) is 3.89 Å². The lowest BCUT2D eigenvalue weighted by molar-refractivity contribution is 0.860. The number of rotatable bonds is 3. The van der Waals surface area contributed by atoms with Crippen LogP contribution in [-0.2, 0) is 0 Å². The molecular formula is C18H22ClFS. The van der Waals surface area contributed by atoms with Crippen molar-refractivity contribution < 1.29 is 3.89 Å². The van der Waals surface area contributed by atoms with Gasteiger partial charge in [0.15, 0.2) is 0 Å². The Morgan fingerprint density at radius 3 is 1.81 bits per heavy atom. The van der Waals surface area contributed by atoms with E-state index < -0.39 is 0 Å². The van der Waals surface area contributed by atoms with Crippen LogP contribution < -0.4 is 0 Å². The summed E-state index contributed by atoms with van der Waals surface area (Å²) in [7, 11) is 0. The standard InChI is InChI=1S/C9H11Cl.C9H11FS/c1-7(2)8-4-3-5-9(10)6-8;1-7(2)8-4-3-5-9(6-8)11-10/h3-7H,1-2H3;3-7H,1-2H3. The van der Waals surface area contributed by atoms with Crippen LogP contribution in [-0.4, -0.2) is 0 Å². The highest BCUT2D eigenvalue weighted by molar-refractivity contribution is 7.94. The zero-order valence-electron chi connectivity index (χ0n) is 12.9. The molecule has 2 aromatic rings. The topological polar surface area (TPSA) is 0 Å². The van der Waals surface area contributed by atoms with Gasteiger partial charge in [0.2, 0.25) is 0 Å². The molecule has 3 heteroatoms. The molecule has 21 heavy (non-hydrogen) atoms. The SMILES string of the molecule is CC(C)c1cccc(Cl)c1.CC(C)c1cccc(SF)c1. The van der Waals surface area contributed by atoms with Crippen LogP contribution in [0.4, 0.5) is 3.89 Å². The van der Waals surface area contributed by atoms with Gasteiger partial charge in [0, 0.05) is 9.92 Å². The second kappa shape index (κ2) is 9.11. The van der Waals surface area contributed by atoms with Crippen molar-refractivity contribution in [2.75, 3.05) is 0 Å². The fourth-order valence-corrected chi connectivity index (χ4v) is 2.30. The first kappa shape index (κ1) is 18.1. The molecule has 0 heterocycles. The summed E-state index contributed by atoms with van der Waals surface area (Å²) in [4.78, 5) is 0.691. The Balaban J connectivity index is 0.000000211. The van der Waals surface area contributed by atoms with E-state index in [2.05, 4.69) is 33.8 Å². The molecule has 0 radical (unpaired) electrons. The molecule has 2 aromatic carbocycles. The van der Waals surface area contributed by atoms with Gasteiger partial charge < -0.3 is 0 Å². The summed E-state index contributed by atoms with van der Waals surface area (Å²) in [6, 6.07) is 15.5. The van der Waals surface area contributed by atoms with Crippen molar-refractivity contribution in [1.29, 1.82) is 0 Å². The molecule has 2 rings (SSSR count). The number of benzene rings is 2. The van der Waals surface area contributed by atoms with Crippen LogP contribution >= 0.6 is 23.7 Å². The molecule has 114 valence electrons. The van der Waals surface area contributed by atoms with Crippen molar-refractivity contribution in [2.24, 2.45) is 0 Å². The summed E-state index contributed by atoms with van der Waals surface area (Å²) in [5, 5.41) is 0.825. The van der Waals surface area contributed by atoms with Crippen molar-refractivity contribution in [2.45, 2.75) is 44.4 Å². The zero-order chi connectivity index (χ0) is 15.8. The van der Waals surface area contributed by atoms with Gasteiger partial charge in [0.05, 0.1) is 12.1 Å². The average Bonchev–Trinajstić information content (AvgIpc) is 2.48. The Bertz CT molecular complexity index is 552. The number of hydrogen-bond donors (Lipinski definition) is 0. The van der Waals surface area contributed by atoms with Gasteiger partial charge in [-0.3, -0.25) is 0 Å². The van der Waals surface area contributed by atoms with Crippen molar-refractivity contribution in [3.05, 3.63) is 64.7 Å². The molecule has 0 saturated carbocycles. The minimum absolute atomic E-state index is 0.300. The van der Waals surface area contributed by atoms with E-state index in [1.165, 1.54) is 11.1 Å². The summed E-state index contributed by atoms with van der Waals surface area (Å²) in [5.41, 5.74) is 2.49. The van der Waals surface area contributed by atoms with Crippen molar-refractivity contribution in [3.8, 4) is 0 Å². The summed E-state index contributed by atoms with van der Waals surface area (Å²) in [5.74, 6) is 1.04. The molecule has 0 aliphatic rings. The quantitative estimate of drug-likeness (QED) is 0.573. The van der Waals surface area contributed by atoms with Crippen molar-refractivity contribution in [3.63, 3.8) is 0 Å². The van der Waals surface area contributed by atoms with Gasteiger partial charge in [0.1, 0.15) is 0 Å².